The number of amides is 2. The monoisotopic (exact) mass is 356 g/mol. The van der Waals surface area contributed by atoms with E-state index in [1.54, 1.807) is 25.1 Å². The molecule has 0 radical (unpaired) electrons. The van der Waals surface area contributed by atoms with E-state index in [1.165, 1.54) is 13.8 Å². The van der Waals surface area contributed by atoms with E-state index in [-0.39, 0.29) is 11.5 Å². The van der Waals surface area contributed by atoms with E-state index in [1.807, 2.05) is 0 Å². The Morgan fingerprint density at radius 2 is 1.74 bits per heavy atom. The van der Waals surface area contributed by atoms with Crippen LogP contribution in [0, 0.1) is 0 Å². The molecule has 4 N–H and O–H groups in total. The molecule has 23 heavy (non-hydrogen) atoms. The van der Waals surface area contributed by atoms with Gasteiger partial charge in [-0.15, -0.1) is 11.7 Å². The molecule has 0 spiro atoms. The van der Waals surface area contributed by atoms with Gasteiger partial charge in [-0.3, -0.25) is 14.4 Å². The second kappa shape index (κ2) is 8.90. The summed E-state index contributed by atoms with van der Waals surface area (Å²) in [6, 6.07) is 2.71. The van der Waals surface area contributed by atoms with Crippen molar-refractivity contribution in [1.82, 2.24) is 15.6 Å². The number of carbonyl (C=O) groups is 3. The number of carbonyl (C=O) groups excluding carboxylic acids is 3. The molecule has 0 aliphatic carbocycles. The summed E-state index contributed by atoms with van der Waals surface area (Å²) in [6.07, 6.45) is 0. The number of thiol groups is 1. The zero-order chi connectivity index (χ0) is 17.6. The molecule has 0 bridgehead atoms. The molecule has 0 fully saturated rings. The van der Waals surface area contributed by atoms with Crippen molar-refractivity contribution in [1.29, 1.82) is 0 Å². The third-order valence-electron chi connectivity index (χ3n) is 2.99. The number of nitrogens with two attached hydrogens (primary N) is 1. The van der Waals surface area contributed by atoms with E-state index in [4.69, 9.17) is 5.73 Å². The highest BCUT2D eigenvalue weighted by atomic mass is 33.1. The van der Waals surface area contributed by atoms with Crippen molar-refractivity contribution in [3.05, 3.63) is 23.9 Å². The predicted octanol–water partition coefficient (Wildman–Crippen LogP) is 0.558. The lowest BCUT2D eigenvalue weighted by Crippen LogP contribution is -2.52. The number of aromatic nitrogens is 1. The Bertz CT molecular complexity index is 595. The molecule has 3 atom stereocenters. The fraction of sp³-hybridized carbons (Fsp3) is 0.429. The highest BCUT2D eigenvalue weighted by Gasteiger charge is 2.23. The summed E-state index contributed by atoms with van der Waals surface area (Å²) in [5.41, 5.74) is 5.66. The minimum atomic E-state index is -0.795. The lowest BCUT2D eigenvalue weighted by atomic mass is 10.1. The first kappa shape index (κ1) is 19.5. The Morgan fingerprint density at radius 3 is 2.30 bits per heavy atom. The molecule has 9 heteroatoms. The van der Waals surface area contributed by atoms with Crippen LogP contribution in [0.15, 0.2) is 23.2 Å². The fourth-order valence-corrected chi connectivity index (χ4v) is 2.22. The predicted molar refractivity (Wildman–Crippen MR) is 92.3 cm³/mol. The summed E-state index contributed by atoms with van der Waals surface area (Å²) in [5.74, 6) is -1.24. The average molecular weight is 356 g/mol. The molecule has 2 amide bonds. The summed E-state index contributed by atoms with van der Waals surface area (Å²) >= 11 is 4.03. The van der Waals surface area contributed by atoms with Gasteiger partial charge >= 0.3 is 0 Å². The van der Waals surface area contributed by atoms with Gasteiger partial charge in [0.25, 0.3) is 0 Å². The number of pyridine rings is 1. The van der Waals surface area contributed by atoms with Crippen LogP contribution in [-0.4, -0.2) is 40.7 Å². The lowest BCUT2D eigenvalue weighted by Gasteiger charge is -2.18. The largest absolute Gasteiger partial charge is 0.344 e. The second-order valence-corrected chi connectivity index (χ2v) is 6.21. The number of hydrogen-bond donors (Lipinski definition) is 4. The van der Waals surface area contributed by atoms with E-state index in [9.17, 15) is 14.4 Å². The Balaban J connectivity index is 2.66. The number of nitrogens with one attached hydrogen (secondary N) is 2. The zero-order valence-corrected chi connectivity index (χ0v) is 14.8. The Kier molecular flexibility index (Phi) is 7.53. The minimum absolute atomic E-state index is 0.240. The van der Waals surface area contributed by atoms with Gasteiger partial charge in [0.05, 0.1) is 12.1 Å². The molecule has 0 aliphatic heterocycles. The van der Waals surface area contributed by atoms with Gasteiger partial charge in [-0.1, -0.05) is 6.07 Å². The van der Waals surface area contributed by atoms with E-state index in [0.29, 0.717) is 5.03 Å². The molecule has 0 unspecified atom stereocenters. The second-order valence-electron chi connectivity index (χ2n) is 5.07. The van der Waals surface area contributed by atoms with E-state index >= 15 is 0 Å². The zero-order valence-electron chi connectivity index (χ0n) is 13.1. The van der Waals surface area contributed by atoms with Gasteiger partial charge in [0.2, 0.25) is 17.6 Å². The molecule has 1 rings (SSSR count). The molecule has 0 aromatic carbocycles. The van der Waals surface area contributed by atoms with Gasteiger partial charge in [-0.25, -0.2) is 4.98 Å². The molecule has 126 valence electrons. The Hall–Kier alpha value is -1.58. The third-order valence-corrected chi connectivity index (χ3v) is 3.96. The summed E-state index contributed by atoms with van der Waals surface area (Å²) < 4.78 is 0. The molecule has 0 saturated carbocycles. The van der Waals surface area contributed by atoms with E-state index < -0.39 is 29.9 Å². The SMILES string of the molecule is C[C@H](N)C(=O)N[C@@H](C)C(=O)N[C@@H](C)C(=O)c1cccc(SS)n1. The highest BCUT2D eigenvalue weighted by molar-refractivity contribution is 8.68. The average Bonchev–Trinajstić information content (AvgIpc) is 2.53. The molecular formula is C14H20N4O3S2. The Labute approximate surface area is 144 Å². The smallest absolute Gasteiger partial charge is 0.242 e. The van der Waals surface area contributed by atoms with Gasteiger partial charge in [-0.2, -0.15) is 0 Å². The summed E-state index contributed by atoms with van der Waals surface area (Å²) in [7, 11) is 1.12. The summed E-state index contributed by atoms with van der Waals surface area (Å²) in [4.78, 5) is 39.9. The molecule has 1 aromatic heterocycles. The van der Waals surface area contributed by atoms with Crippen LogP contribution in [0.4, 0.5) is 0 Å². The lowest BCUT2D eigenvalue weighted by molar-refractivity contribution is -0.129. The topological polar surface area (TPSA) is 114 Å². The van der Waals surface area contributed by atoms with Crippen LogP contribution in [0.25, 0.3) is 0 Å². The van der Waals surface area contributed by atoms with Crippen LogP contribution >= 0.6 is 22.5 Å². The minimum Gasteiger partial charge on any atom is -0.344 e. The van der Waals surface area contributed by atoms with Crippen molar-refractivity contribution < 1.29 is 14.4 Å². The molecule has 0 saturated heterocycles. The number of rotatable bonds is 7. The van der Waals surface area contributed by atoms with Gasteiger partial charge in [0.1, 0.15) is 16.8 Å². The molecule has 7 nitrogen and oxygen atoms in total. The molecule has 0 aliphatic rings. The van der Waals surface area contributed by atoms with Crippen molar-refractivity contribution in [2.45, 2.75) is 43.9 Å². The van der Waals surface area contributed by atoms with Crippen molar-refractivity contribution in [2.75, 3.05) is 0 Å². The van der Waals surface area contributed by atoms with Crippen molar-refractivity contribution in [3.63, 3.8) is 0 Å². The first-order valence-electron chi connectivity index (χ1n) is 6.95. The molecule has 1 aromatic rings. The van der Waals surface area contributed by atoms with Crippen molar-refractivity contribution in [3.8, 4) is 0 Å². The van der Waals surface area contributed by atoms with E-state index in [2.05, 4.69) is 27.3 Å². The van der Waals surface area contributed by atoms with Gasteiger partial charge in [0.15, 0.2) is 0 Å². The fourth-order valence-electron chi connectivity index (χ4n) is 1.64. The van der Waals surface area contributed by atoms with Crippen molar-refractivity contribution in [2.24, 2.45) is 5.73 Å². The maximum atomic E-state index is 12.3. The normalized spacial score (nSPS) is 14.5. The van der Waals surface area contributed by atoms with Gasteiger partial charge < -0.3 is 16.4 Å². The maximum absolute atomic E-state index is 12.3. The third kappa shape index (κ3) is 5.85. The van der Waals surface area contributed by atoms with Crippen LogP contribution in [-0.2, 0) is 9.59 Å². The number of ketones is 1. The van der Waals surface area contributed by atoms with E-state index in [0.717, 1.165) is 10.8 Å². The first-order chi connectivity index (χ1) is 10.8. The van der Waals surface area contributed by atoms with Crippen molar-refractivity contribution >= 4 is 40.1 Å². The molecular weight excluding hydrogens is 336 g/mol. The number of hydrogen-bond acceptors (Lipinski definition) is 7. The van der Waals surface area contributed by atoms with Crippen LogP contribution in [0.1, 0.15) is 31.3 Å². The van der Waals surface area contributed by atoms with Gasteiger partial charge in [0, 0.05) is 0 Å². The summed E-state index contributed by atoms with van der Waals surface area (Å²) in [5, 5.41) is 5.61. The quantitative estimate of drug-likeness (QED) is 0.322. The first-order valence-corrected chi connectivity index (χ1v) is 8.82. The molecule has 1 heterocycles. The Morgan fingerprint density at radius 1 is 1.13 bits per heavy atom. The van der Waals surface area contributed by atoms with Crippen LogP contribution in [0.3, 0.4) is 0 Å². The van der Waals surface area contributed by atoms with Crippen LogP contribution < -0.4 is 16.4 Å². The standard InChI is InChI=1S/C14H20N4O3S2/c1-7(15)13(20)17-9(3)14(21)16-8(2)12(19)10-5-4-6-11(18-10)23-22/h4-9,22H,15H2,1-3H3,(H,16,21)(H,17,20)/t7-,8-,9-/m0/s1. The van der Waals surface area contributed by atoms with Crippen LogP contribution in [0.2, 0.25) is 0 Å². The van der Waals surface area contributed by atoms with Gasteiger partial charge in [-0.05, 0) is 43.7 Å². The maximum Gasteiger partial charge on any atom is 0.242 e. The highest BCUT2D eigenvalue weighted by Crippen LogP contribution is 2.18. The van der Waals surface area contributed by atoms with Crippen LogP contribution in [0.5, 0.6) is 0 Å². The summed E-state index contributed by atoms with van der Waals surface area (Å²) in [6.45, 7) is 4.59. The number of Topliss-reactive ketones (excluding diaryl/α,β-unsaturated/α-hetero) is 1. The number of nitrogens with zero attached hydrogens (tertiary/aromatic N) is 1.